The summed E-state index contributed by atoms with van der Waals surface area (Å²) in [4.78, 5) is 20.9. The Bertz CT molecular complexity index is 777. The Morgan fingerprint density at radius 3 is 2.82 bits per heavy atom. The van der Waals surface area contributed by atoms with Crippen LogP contribution in [-0.4, -0.2) is 74.3 Å². The molecule has 0 radical (unpaired) electrons. The van der Waals surface area contributed by atoms with E-state index in [4.69, 9.17) is 4.74 Å². The molecule has 1 aromatic heterocycles. The van der Waals surface area contributed by atoms with E-state index in [0.717, 1.165) is 36.4 Å². The molecule has 0 saturated carbocycles. The van der Waals surface area contributed by atoms with Crippen molar-refractivity contribution in [3.05, 3.63) is 48.3 Å². The van der Waals surface area contributed by atoms with Gasteiger partial charge in [0.25, 0.3) is 0 Å². The average Bonchev–Trinajstić information content (AvgIpc) is 2.73. The van der Waals surface area contributed by atoms with Crippen LogP contribution in [0.2, 0.25) is 0 Å². The normalized spacial score (nSPS) is 14.3. The summed E-state index contributed by atoms with van der Waals surface area (Å²) in [6.07, 6.45) is 3.77. The fraction of sp³-hybridized carbons (Fsp3) is 0.429. The van der Waals surface area contributed by atoms with Gasteiger partial charge in [0.1, 0.15) is 0 Å². The van der Waals surface area contributed by atoms with Gasteiger partial charge in [-0.25, -0.2) is 4.79 Å². The van der Waals surface area contributed by atoms with Gasteiger partial charge in [0.15, 0.2) is 0 Å². The van der Waals surface area contributed by atoms with Gasteiger partial charge < -0.3 is 25.2 Å². The minimum Gasteiger partial charge on any atom is -0.378 e. The highest BCUT2D eigenvalue weighted by Crippen LogP contribution is 2.23. The van der Waals surface area contributed by atoms with Crippen LogP contribution in [0.15, 0.2) is 42.7 Å². The topological polar surface area (TPSA) is 69.7 Å². The van der Waals surface area contributed by atoms with Crippen LogP contribution >= 0.6 is 0 Å². The van der Waals surface area contributed by atoms with Crippen molar-refractivity contribution in [2.45, 2.75) is 6.54 Å². The molecule has 0 unspecified atom stereocenters. The Labute approximate surface area is 166 Å². The molecule has 0 aliphatic carbocycles. The quantitative estimate of drug-likeness (QED) is 0.768. The molecule has 150 valence electrons. The number of nitrogens with one attached hydrogen (secondary N) is 2. The Balaban J connectivity index is 1.67. The third kappa shape index (κ3) is 5.76. The number of urea groups is 1. The average molecular weight is 383 g/mol. The fourth-order valence-corrected chi connectivity index (χ4v) is 3.17. The molecule has 2 heterocycles. The van der Waals surface area contributed by atoms with Gasteiger partial charge >= 0.3 is 6.03 Å². The third-order valence-corrected chi connectivity index (χ3v) is 4.74. The number of hydrogen-bond donors (Lipinski definition) is 2. The second-order valence-corrected chi connectivity index (χ2v) is 7.03. The number of likely N-dealkylation sites (N-methyl/N-ethyl adjacent to an activating group) is 2. The highest BCUT2D eigenvalue weighted by Gasteiger charge is 2.16. The lowest BCUT2D eigenvalue weighted by Gasteiger charge is -2.27. The number of aromatic nitrogens is 1. The molecule has 28 heavy (non-hydrogen) atoms. The summed E-state index contributed by atoms with van der Waals surface area (Å²) in [5.41, 5.74) is 4.03. The Hall–Kier alpha value is -2.48. The second-order valence-electron chi connectivity index (χ2n) is 7.03. The van der Waals surface area contributed by atoms with Crippen LogP contribution in [-0.2, 0) is 11.3 Å². The van der Waals surface area contributed by atoms with E-state index in [-0.39, 0.29) is 6.03 Å². The molecular formula is C21H29N5O2. The third-order valence-electron chi connectivity index (χ3n) is 4.74. The number of benzene rings is 1. The number of carbonyl (C=O) groups excluding carboxylic acids is 1. The lowest BCUT2D eigenvalue weighted by molar-refractivity contribution is 0.0564. The highest BCUT2D eigenvalue weighted by atomic mass is 16.5. The van der Waals surface area contributed by atoms with Crippen molar-refractivity contribution in [3.8, 4) is 11.1 Å². The maximum Gasteiger partial charge on any atom is 0.321 e. The summed E-state index contributed by atoms with van der Waals surface area (Å²) in [5, 5.41) is 6.15. The van der Waals surface area contributed by atoms with Crippen molar-refractivity contribution in [1.29, 1.82) is 0 Å². The van der Waals surface area contributed by atoms with Crippen molar-refractivity contribution in [3.63, 3.8) is 0 Å². The number of morpholine rings is 1. The van der Waals surface area contributed by atoms with Crippen LogP contribution in [0.1, 0.15) is 5.56 Å². The lowest BCUT2D eigenvalue weighted by Crippen LogP contribution is -2.43. The maximum atomic E-state index is 12.4. The molecule has 1 aromatic carbocycles. The van der Waals surface area contributed by atoms with Crippen molar-refractivity contribution >= 4 is 11.7 Å². The van der Waals surface area contributed by atoms with Crippen molar-refractivity contribution in [2.75, 3.05) is 58.8 Å². The van der Waals surface area contributed by atoms with Crippen LogP contribution in [0, 0.1) is 0 Å². The predicted molar refractivity (Wildman–Crippen MR) is 111 cm³/mol. The number of ether oxygens (including phenoxy) is 1. The lowest BCUT2D eigenvalue weighted by atomic mass is 10.1. The van der Waals surface area contributed by atoms with Crippen molar-refractivity contribution in [2.24, 2.45) is 0 Å². The number of nitrogens with zero attached hydrogens (tertiary/aromatic N) is 3. The summed E-state index contributed by atoms with van der Waals surface area (Å²) >= 11 is 0. The van der Waals surface area contributed by atoms with E-state index in [1.807, 2.05) is 43.7 Å². The predicted octanol–water partition coefficient (Wildman–Crippen LogP) is 2.26. The van der Waals surface area contributed by atoms with E-state index in [9.17, 15) is 4.79 Å². The van der Waals surface area contributed by atoms with Gasteiger partial charge in [-0.3, -0.25) is 4.98 Å². The first kappa shape index (κ1) is 20.3. The zero-order valence-corrected chi connectivity index (χ0v) is 16.6. The summed E-state index contributed by atoms with van der Waals surface area (Å²) in [6, 6.07) is 9.96. The van der Waals surface area contributed by atoms with E-state index < -0.39 is 0 Å². The largest absolute Gasteiger partial charge is 0.378 e. The number of pyridine rings is 1. The molecule has 1 saturated heterocycles. The summed E-state index contributed by atoms with van der Waals surface area (Å²) < 4.78 is 5.30. The highest BCUT2D eigenvalue weighted by molar-refractivity contribution is 5.90. The van der Waals surface area contributed by atoms with E-state index in [1.165, 1.54) is 5.56 Å². The number of amides is 2. The number of carbonyl (C=O) groups is 1. The molecule has 0 atom stereocenters. The van der Waals surface area contributed by atoms with Gasteiger partial charge in [-0.15, -0.1) is 0 Å². The first-order valence-electron chi connectivity index (χ1n) is 9.67. The van der Waals surface area contributed by atoms with Gasteiger partial charge in [-0.1, -0.05) is 12.1 Å². The van der Waals surface area contributed by atoms with E-state index in [2.05, 4.69) is 33.6 Å². The SMILES string of the molecule is CNCCN(C)Cc1cncc(-c2cccc(NC(=O)N3CCOCC3)c2)c1. The minimum absolute atomic E-state index is 0.0847. The fourth-order valence-electron chi connectivity index (χ4n) is 3.17. The molecule has 7 nitrogen and oxygen atoms in total. The molecule has 3 rings (SSSR count). The molecule has 7 heteroatoms. The molecule has 2 aromatic rings. The molecule has 0 bridgehead atoms. The molecule has 1 fully saturated rings. The monoisotopic (exact) mass is 383 g/mol. The van der Waals surface area contributed by atoms with Crippen molar-refractivity contribution < 1.29 is 9.53 Å². The summed E-state index contributed by atoms with van der Waals surface area (Å²) in [6.45, 7) is 5.20. The zero-order chi connectivity index (χ0) is 19.8. The number of rotatable bonds is 7. The molecule has 2 amide bonds. The molecule has 1 aliphatic rings. The first-order valence-corrected chi connectivity index (χ1v) is 9.67. The molecular weight excluding hydrogens is 354 g/mol. The van der Waals surface area contributed by atoms with Crippen LogP contribution in [0.5, 0.6) is 0 Å². The zero-order valence-electron chi connectivity index (χ0n) is 16.6. The van der Waals surface area contributed by atoms with Crippen molar-refractivity contribution in [1.82, 2.24) is 20.1 Å². The smallest absolute Gasteiger partial charge is 0.321 e. The van der Waals surface area contributed by atoms with Gasteiger partial charge in [0.2, 0.25) is 0 Å². The standard InChI is InChI=1S/C21H29N5O2/c1-22-6-7-25(2)16-17-12-19(15-23-14-17)18-4-3-5-20(13-18)24-21(27)26-8-10-28-11-9-26/h3-5,12-15,22H,6-11,16H2,1-2H3,(H,24,27). The Kier molecular flexibility index (Phi) is 7.36. The second kappa shape index (κ2) is 10.2. The molecule has 1 aliphatic heterocycles. The van der Waals surface area contributed by atoms with E-state index >= 15 is 0 Å². The minimum atomic E-state index is -0.0847. The van der Waals surface area contributed by atoms with Crippen LogP contribution in [0.25, 0.3) is 11.1 Å². The van der Waals surface area contributed by atoms with Gasteiger partial charge in [0.05, 0.1) is 13.2 Å². The van der Waals surface area contributed by atoms with E-state index in [0.29, 0.717) is 26.3 Å². The molecule has 2 N–H and O–H groups in total. The van der Waals surface area contributed by atoms with Gasteiger partial charge in [0, 0.05) is 56.4 Å². The number of hydrogen-bond acceptors (Lipinski definition) is 5. The van der Waals surface area contributed by atoms with Gasteiger partial charge in [-0.05, 0) is 43.4 Å². The van der Waals surface area contributed by atoms with Crippen LogP contribution in [0.3, 0.4) is 0 Å². The van der Waals surface area contributed by atoms with Gasteiger partial charge in [-0.2, -0.15) is 0 Å². The Morgan fingerprint density at radius 2 is 2.04 bits per heavy atom. The summed E-state index contributed by atoms with van der Waals surface area (Å²) in [5.74, 6) is 0. The van der Waals surface area contributed by atoms with Crippen LogP contribution in [0.4, 0.5) is 10.5 Å². The Morgan fingerprint density at radius 1 is 1.21 bits per heavy atom. The maximum absolute atomic E-state index is 12.4. The van der Waals surface area contributed by atoms with E-state index in [1.54, 1.807) is 4.90 Å². The number of anilines is 1. The van der Waals surface area contributed by atoms with Crippen LogP contribution < -0.4 is 10.6 Å². The molecule has 0 spiro atoms. The summed E-state index contributed by atoms with van der Waals surface area (Å²) in [7, 11) is 4.06. The first-order chi connectivity index (χ1) is 13.7.